The van der Waals surface area contributed by atoms with E-state index >= 15 is 0 Å². The summed E-state index contributed by atoms with van der Waals surface area (Å²) in [7, 11) is 4.15. The Labute approximate surface area is 142 Å². The molecule has 1 aromatic heterocycles. The molecule has 0 bridgehead atoms. The van der Waals surface area contributed by atoms with Gasteiger partial charge in [0.05, 0.1) is 0 Å². The third-order valence-corrected chi connectivity index (χ3v) is 4.22. The number of carbonyl (C=O) groups excluding carboxylic acids is 1. The van der Waals surface area contributed by atoms with Gasteiger partial charge in [0.15, 0.2) is 0 Å². The van der Waals surface area contributed by atoms with Gasteiger partial charge in [-0.1, -0.05) is 0 Å². The molecule has 2 heterocycles. The van der Waals surface area contributed by atoms with E-state index in [-0.39, 0.29) is 24.9 Å². The smallest absolute Gasteiger partial charge is 0.323 e. The molecular weight excluding hydrogens is 320 g/mol. The molecule has 0 atom stereocenters. The van der Waals surface area contributed by atoms with Gasteiger partial charge in [-0.25, -0.2) is 4.98 Å². The summed E-state index contributed by atoms with van der Waals surface area (Å²) in [5.74, 6) is -0.127. The summed E-state index contributed by atoms with van der Waals surface area (Å²) in [6, 6.07) is 0.554. The van der Waals surface area contributed by atoms with Gasteiger partial charge in [-0.2, -0.15) is 0 Å². The fraction of sp³-hybridized carbons (Fsp3) is 0.667. The third kappa shape index (κ3) is 5.51. The summed E-state index contributed by atoms with van der Waals surface area (Å²) in [5, 5.41) is 8.83. The Kier molecular flexibility index (Phi) is 7.51. The molecule has 0 spiro atoms. The van der Waals surface area contributed by atoms with Crippen LogP contribution in [0.1, 0.15) is 25.1 Å². The van der Waals surface area contributed by atoms with Gasteiger partial charge in [-0.3, -0.25) is 9.59 Å². The molecule has 1 fully saturated rings. The maximum Gasteiger partial charge on any atom is 0.323 e. The van der Waals surface area contributed by atoms with Gasteiger partial charge in [0.2, 0.25) is 5.91 Å². The second-order valence-electron chi connectivity index (χ2n) is 5.94. The molecule has 1 amide bonds. The maximum absolute atomic E-state index is 12.3. The molecule has 0 aliphatic carbocycles. The zero-order chi connectivity index (χ0) is 16.1. The molecule has 2 rings (SSSR count). The highest BCUT2D eigenvalue weighted by molar-refractivity contribution is 5.85. The molecule has 23 heavy (non-hydrogen) atoms. The Bertz CT molecular complexity index is 525. The van der Waals surface area contributed by atoms with Gasteiger partial charge in [-0.15, -0.1) is 12.4 Å². The quantitative estimate of drug-likeness (QED) is 0.828. The molecule has 0 unspecified atom stereocenters. The van der Waals surface area contributed by atoms with Gasteiger partial charge < -0.3 is 19.5 Å². The van der Waals surface area contributed by atoms with Crippen LogP contribution in [0.25, 0.3) is 0 Å². The number of piperidine rings is 1. The summed E-state index contributed by atoms with van der Waals surface area (Å²) in [4.78, 5) is 31.3. The first-order chi connectivity index (χ1) is 10.5. The molecular formula is C15H25ClN4O3. The summed E-state index contributed by atoms with van der Waals surface area (Å²) in [5.41, 5.74) is 0. The molecule has 7 nitrogen and oxygen atoms in total. The van der Waals surface area contributed by atoms with Crippen molar-refractivity contribution in [2.75, 3.05) is 27.2 Å². The molecule has 8 heteroatoms. The summed E-state index contributed by atoms with van der Waals surface area (Å²) >= 11 is 0. The van der Waals surface area contributed by atoms with Crippen LogP contribution in [-0.4, -0.2) is 69.6 Å². The Morgan fingerprint density at radius 2 is 2.00 bits per heavy atom. The van der Waals surface area contributed by atoms with Crippen molar-refractivity contribution in [3.8, 4) is 0 Å². The predicted molar refractivity (Wildman–Crippen MR) is 88.7 cm³/mol. The highest BCUT2D eigenvalue weighted by Gasteiger charge is 2.23. The molecule has 0 aromatic carbocycles. The largest absolute Gasteiger partial charge is 0.480 e. The first-order valence-corrected chi connectivity index (χ1v) is 7.63. The number of nitrogens with zero attached hydrogens (tertiary/aromatic N) is 4. The van der Waals surface area contributed by atoms with E-state index in [2.05, 4.69) is 24.0 Å². The van der Waals surface area contributed by atoms with Crippen LogP contribution in [0.3, 0.4) is 0 Å². The van der Waals surface area contributed by atoms with Crippen LogP contribution in [0.2, 0.25) is 0 Å². The van der Waals surface area contributed by atoms with Crippen molar-refractivity contribution in [1.82, 2.24) is 19.4 Å². The lowest BCUT2D eigenvalue weighted by molar-refractivity contribution is -0.137. The Hall–Kier alpha value is -1.60. The van der Waals surface area contributed by atoms with Crippen LogP contribution < -0.4 is 0 Å². The fourth-order valence-electron chi connectivity index (χ4n) is 2.87. The van der Waals surface area contributed by atoms with Crippen LogP contribution in [0.15, 0.2) is 12.4 Å². The minimum absolute atomic E-state index is 0. The van der Waals surface area contributed by atoms with E-state index < -0.39 is 5.97 Å². The standard InChI is InChI=1S/C15H24N4O3.ClH/c1-17(2)12-5-8-18(9-6-12)14(20)4-3-13-16-7-10-19(13)11-15(21)22;/h7,10,12H,3-6,8-9,11H2,1-2H3,(H,21,22);1H. The lowest BCUT2D eigenvalue weighted by atomic mass is 10.0. The lowest BCUT2D eigenvalue weighted by Gasteiger charge is -2.35. The molecule has 0 saturated carbocycles. The Morgan fingerprint density at radius 3 is 2.57 bits per heavy atom. The molecule has 130 valence electrons. The zero-order valence-corrected chi connectivity index (χ0v) is 14.5. The van der Waals surface area contributed by atoms with E-state index in [0.29, 0.717) is 24.7 Å². The first-order valence-electron chi connectivity index (χ1n) is 7.63. The van der Waals surface area contributed by atoms with Crippen molar-refractivity contribution in [2.45, 2.75) is 38.3 Å². The van der Waals surface area contributed by atoms with E-state index in [1.54, 1.807) is 17.0 Å². The number of aliphatic carboxylic acids is 1. The van der Waals surface area contributed by atoms with Crippen molar-refractivity contribution in [1.29, 1.82) is 0 Å². The monoisotopic (exact) mass is 344 g/mol. The minimum atomic E-state index is -0.906. The van der Waals surface area contributed by atoms with Crippen molar-refractivity contribution >= 4 is 24.3 Å². The number of carboxylic acids is 1. The average Bonchev–Trinajstić information content (AvgIpc) is 2.91. The third-order valence-electron chi connectivity index (χ3n) is 4.22. The number of amides is 1. The summed E-state index contributed by atoms with van der Waals surface area (Å²) < 4.78 is 1.58. The van der Waals surface area contributed by atoms with E-state index in [1.165, 1.54) is 0 Å². The van der Waals surface area contributed by atoms with Crippen molar-refractivity contribution < 1.29 is 14.7 Å². The molecule has 0 radical (unpaired) electrons. The van der Waals surface area contributed by atoms with Crippen LogP contribution in [0, 0.1) is 0 Å². The normalized spacial score (nSPS) is 15.5. The SMILES string of the molecule is CN(C)C1CCN(C(=O)CCc2nccn2CC(=O)O)CC1.Cl. The molecule has 1 aliphatic heterocycles. The number of hydrogen-bond acceptors (Lipinski definition) is 4. The topological polar surface area (TPSA) is 78.7 Å². The molecule has 1 aromatic rings. The van der Waals surface area contributed by atoms with Crippen molar-refractivity contribution in [2.24, 2.45) is 0 Å². The van der Waals surface area contributed by atoms with Crippen molar-refractivity contribution in [3.05, 3.63) is 18.2 Å². The van der Waals surface area contributed by atoms with Gasteiger partial charge in [0.25, 0.3) is 0 Å². The molecule has 1 N–H and O–H groups in total. The van der Waals surface area contributed by atoms with E-state index in [4.69, 9.17) is 5.11 Å². The van der Waals surface area contributed by atoms with E-state index in [0.717, 1.165) is 25.9 Å². The van der Waals surface area contributed by atoms with Gasteiger partial charge in [0, 0.05) is 44.4 Å². The van der Waals surface area contributed by atoms with Crippen LogP contribution in [0.4, 0.5) is 0 Å². The number of hydrogen-bond donors (Lipinski definition) is 1. The van der Waals surface area contributed by atoms with E-state index in [1.807, 2.05) is 4.90 Å². The van der Waals surface area contributed by atoms with E-state index in [9.17, 15) is 9.59 Å². The van der Waals surface area contributed by atoms with Gasteiger partial charge in [0.1, 0.15) is 12.4 Å². The predicted octanol–water partition coefficient (Wildman–Crippen LogP) is 0.875. The van der Waals surface area contributed by atoms with Crippen LogP contribution in [0.5, 0.6) is 0 Å². The number of likely N-dealkylation sites (tertiary alicyclic amines) is 1. The fourth-order valence-corrected chi connectivity index (χ4v) is 2.87. The second kappa shape index (κ2) is 8.88. The highest BCUT2D eigenvalue weighted by atomic mass is 35.5. The lowest BCUT2D eigenvalue weighted by Crippen LogP contribution is -2.44. The average molecular weight is 345 g/mol. The molecule has 1 saturated heterocycles. The molecule has 1 aliphatic rings. The van der Waals surface area contributed by atoms with Crippen molar-refractivity contribution in [3.63, 3.8) is 0 Å². The van der Waals surface area contributed by atoms with Crippen LogP contribution >= 0.6 is 12.4 Å². The van der Waals surface area contributed by atoms with Gasteiger partial charge >= 0.3 is 5.97 Å². The highest BCUT2D eigenvalue weighted by Crippen LogP contribution is 2.15. The summed E-state index contributed by atoms with van der Waals surface area (Å²) in [6.07, 6.45) is 6.08. The minimum Gasteiger partial charge on any atom is -0.480 e. The van der Waals surface area contributed by atoms with Gasteiger partial charge in [-0.05, 0) is 26.9 Å². The number of aryl methyl sites for hydroxylation is 1. The zero-order valence-electron chi connectivity index (χ0n) is 13.6. The maximum atomic E-state index is 12.3. The number of rotatable bonds is 6. The Balaban J connectivity index is 0.00000264. The number of imidazole rings is 1. The number of carbonyl (C=O) groups is 2. The Morgan fingerprint density at radius 1 is 1.35 bits per heavy atom. The number of carboxylic acid groups (broad SMARTS) is 1. The second-order valence-corrected chi connectivity index (χ2v) is 5.94. The number of halogens is 1. The van der Waals surface area contributed by atoms with Crippen LogP contribution in [-0.2, 0) is 22.6 Å². The summed E-state index contributed by atoms with van der Waals surface area (Å²) in [6.45, 7) is 1.48. The number of aromatic nitrogens is 2. The first kappa shape index (κ1) is 19.4.